The van der Waals surface area contributed by atoms with Crippen molar-refractivity contribution in [3.8, 4) is 11.8 Å². The van der Waals surface area contributed by atoms with Crippen LogP contribution in [0, 0.1) is 14.9 Å². The zero-order chi connectivity index (χ0) is 13.1. The summed E-state index contributed by atoms with van der Waals surface area (Å²) in [4.78, 5) is 3.84. The lowest BCUT2D eigenvalue weighted by molar-refractivity contribution is -0.275. The highest BCUT2D eigenvalue weighted by Crippen LogP contribution is 2.31. The van der Waals surface area contributed by atoms with Crippen molar-refractivity contribution in [3.63, 3.8) is 0 Å². The van der Waals surface area contributed by atoms with E-state index in [1.165, 1.54) is 0 Å². The third kappa shape index (κ3) is 3.99. The molecule has 0 aliphatic carbocycles. The van der Waals surface area contributed by atoms with Gasteiger partial charge in [0.1, 0.15) is 0 Å². The number of ether oxygens (including phenoxy) is 1. The van der Waals surface area contributed by atoms with Gasteiger partial charge in [-0.2, -0.15) is 5.26 Å². The van der Waals surface area contributed by atoms with E-state index >= 15 is 0 Å². The number of nitrogens with zero attached hydrogens (tertiary/aromatic N) is 2. The van der Waals surface area contributed by atoms with E-state index in [1.807, 2.05) is 28.7 Å². The van der Waals surface area contributed by atoms with Gasteiger partial charge >= 0.3 is 6.36 Å². The van der Waals surface area contributed by atoms with Gasteiger partial charge in [0.2, 0.25) is 0 Å². The summed E-state index contributed by atoms with van der Waals surface area (Å²) in [5.74, 6) is -0.423. The summed E-state index contributed by atoms with van der Waals surface area (Å²) in [6.07, 6.45) is -3.96. The van der Waals surface area contributed by atoms with E-state index in [0.717, 1.165) is 6.20 Å². The Morgan fingerprint density at radius 2 is 2.18 bits per heavy atom. The van der Waals surface area contributed by atoms with Crippen molar-refractivity contribution in [3.05, 3.63) is 21.0 Å². The second-order valence-corrected chi connectivity index (χ2v) is 4.52. The molecule has 1 aromatic rings. The van der Waals surface area contributed by atoms with Gasteiger partial charge in [0.15, 0.2) is 5.75 Å². The number of pyridine rings is 1. The first kappa shape index (κ1) is 14.5. The Morgan fingerprint density at radius 1 is 1.53 bits per heavy atom. The average Bonchev–Trinajstić information content (AvgIpc) is 2.22. The Balaban J connectivity index is 3.22. The first-order valence-electron chi connectivity index (χ1n) is 4.24. The van der Waals surface area contributed by atoms with Crippen LogP contribution < -0.4 is 4.74 Å². The summed E-state index contributed by atoms with van der Waals surface area (Å²) in [6, 6.07) is 1.81. The van der Waals surface area contributed by atoms with Gasteiger partial charge in [-0.3, -0.25) is 4.98 Å². The molecule has 0 saturated heterocycles. The maximum Gasteiger partial charge on any atom is 0.573 e. The molecule has 0 saturated carbocycles. The maximum absolute atomic E-state index is 12.1. The number of aromatic nitrogens is 1. The van der Waals surface area contributed by atoms with Crippen molar-refractivity contribution in [2.24, 2.45) is 0 Å². The number of alkyl halides is 4. The minimum absolute atomic E-state index is 0.161. The molecule has 0 unspecified atom stereocenters. The molecule has 1 heterocycles. The molecule has 0 radical (unpaired) electrons. The van der Waals surface area contributed by atoms with Crippen LogP contribution in [-0.4, -0.2) is 11.3 Å². The van der Waals surface area contributed by atoms with Crippen LogP contribution in [-0.2, 0) is 11.8 Å². The first-order chi connectivity index (χ1) is 7.89. The molecule has 8 heteroatoms. The average molecular weight is 421 g/mol. The van der Waals surface area contributed by atoms with E-state index in [0.29, 0.717) is 14.6 Å². The molecule has 17 heavy (non-hydrogen) atoms. The van der Waals surface area contributed by atoms with Crippen molar-refractivity contribution >= 4 is 38.5 Å². The highest BCUT2D eigenvalue weighted by atomic mass is 127. The molecule has 0 fully saturated rings. The predicted octanol–water partition coefficient (Wildman–Crippen LogP) is 3.55. The van der Waals surface area contributed by atoms with Gasteiger partial charge in [0.25, 0.3) is 0 Å². The number of halogens is 5. The van der Waals surface area contributed by atoms with Gasteiger partial charge in [-0.1, -0.05) is 15.9 Å². The van der Waals surface area contributed by atoms with Crippen molar-refractivity contribution in [2.45, 2.75) is 18.1 Å². The molecular weight excluding hydrogens is 416 g/mol. The minimum atomic E-state index is -4.79. The Morgan fingerprint density at radius 3 is 2.65 bits per heavy atom. The van der Waals surface area contributed by atoms with Crippen LogP contribution in [0.3, 0.4) is 0 Å². The lowest BCUT2D eigenvalue weighted by Crippen LogP contribution is -2.19. The first-order valence-corrected chi connectivity index (χ1v) is 6.44. The van der Waals surface area contributed by atoms with Crippen molar-refractivity contribution in [1.29, 1.82) is 5.26 Å². The topological polar surface area (TPSA) is 45.9 Å². The number of nitriles is 1. The highest BCUT2D eigenvalue weighted by molar-refractivity contribution is 14.1. The van der Waals surface area contributed by atoms with E-state index in [1.54, 1.807) is 0 Å². The molecule has 1 rings (SSSR count). The molecule has 0 amide bonds. The third-order valence-electron chi connectivity index (χ3n) is 1.76. The molecule has 0 N–H and O–H groups in total. The van der Waals surface area contributed by atoms with Gasteiger partial charge in [0.05, 0.1) is 24.4 Å². The van der Waals surface area contributed by atoms with Crippen molar-refractivity contribution in [1.82, 2.24) is 4.98 Å². The third-order valence-corrected chi connectivity index (χ3v) is 3.57. The summed E-state index contributed by atoms with van der Waals surface area (Å²) >= 11 is 5.02. The summed E-state index contributed by atoms with van der Waals surface area (Å²) < 4.78 is 40.7. The summed E-state index contributed by atoms with van der Waals surface area (Å²) in [5, 5.41) is 9.01. The molecule has 0 spiro atoms. The molecule has 3 nitrogen and oxygen atoms in total. The van der Waals surface area contributed by atoms with Gasteiger partial charge in [0, 0.05) is 14.5 Å². The second kappa shape index (κ2) is 5.86. The lowest BCUT2D eigenvalue weighted by Gasteiger charge is -2.14. The number of hydrogen-bond acceptors (Lipinski definition) is 3. The number of hydrogen-bond donors (Lipinski definition) is 0. The molecule has 0 aliphatic rings. The number of rotatable bonds is 3. The largest absolute Gasteiger partial charge is 0.573 e. The van der Waals surface area contributed by atoms with Crippen LogP contribution >= 0.6 is 38.5 Å². The van der Waals surface area contributed by atoms with E-state index in [4.69, 9.17) is 5.26 Å². The zero-order valence-electron chi connectivity index (χ0n) is 8.18. The van der Waals surface area contributed by atoms with Crippen LogP contribution in [0.5, 0.6) is 5.75 Å². The normalized spacial score (nSPS) is 11.1. The van der Waals surface area contributed by atoms with Gasteiger partial charge in [-0.15, -0.1) is 13.2 Å². The fourth-order valence-electron chi connectivity index (χ4n) is 1.10. The van der Waals surface area contributed by atoms with Crippen LogP contribution in [0.25, 0.3) is 0 Å². The molecular formula is C9H5BrF3IN2O. The van der Waals surface area contributed by atoms with E-state index in [-0.39, 0.29) is 12.0 Å². The monoisotopic (exact) mass is 420 g/mol. The van der Waals surface area contributed by atoms with Crippen molar-refractivity contribution in [2.75, 3.05) is 0 Å². The molecule has 1 aromatic heterocycles. The Labute approximate surface area is 117 Å². The Bertz CT molecular complexity index is 459. The van der Waals surface area contributed by atoms with Gasteiger partial charge in [-0.25, -0.2) is 0 Å². The van der Waals surface area contributed by atoms with Crippen LogP contribution in [0.15, 0.2) is 6.20 Å². The fraction of sp³-hybridized carbons (Fsp3) is 0.333. The molecule has 0 bridgehead atoms. The van der Waals surface area contributed by atoms with Crippen molar-refractivity contribution < 1.29 is 17.9 Å². The molecule has 0 aromatic carbocycles. The van der Waals surface area contributed by atoms with Crippen LogP contribution in [0.4, 0.5) is 13.2 Å². The quantitative estimate of drug-likeness (QED) is 0.555. The summed E-state index contributed by atoms with van der Waals surface area (Å²) in [6.45, 7) is 0. The smallest absolute Gasteiger partial charge is 0.404 e. The highest BCUT2D eigenvalue weighted by Gasteiger charge is 2.33. The second-order valence-electron chi connectivity index (χ2n) is 2.88. The fourth-order valence-corrected chi connectivity index (χ4v) is 2.84. The van der Waals surface area contributed by atoms with E-state index in [2.05, 4.69) is 25.7 Å². The standard InChI is InChI=1S/C9H5BrF3IN2O/c10-3-6-8(14)5(1-2-15)7(4-16-6)17-9(11,12)13/h4H,1,3H2. The maximum atomic E-state index is 12.1. The predicted molar refractivity (Wildman–Crippen MR) is 65.6 cm³/mol. The molecule has 0 atom stereocenters. The van der Waals surface area contributed by atoms with E-state index < -0.39 is 12.1 Å². The lowest BCUT2D eigenvalue weighted by atomic mass is 10.1. The summed E-state index contributed by atoms with van der Waals surface area (Å²) in [5.41, 5.74) is 0.778. The Hall–Kier alpha value is -0.560. The summed E-state index contributed by atoms with van der Waals surface area (Å²) in [7, 11) is 0. The van der Waals surface area contributed by atoms with Gasteiger partial charge < -0.3 is 4.74 Å². The SMILES string of the molecule is N#CCc1c(OC(F)(F)F)cnc(CBr)c1I. The van der Waals surface area contributed by atoms with Crippen LogP contribution in [0.2, 0.25) is 0 Å². The van der Waals surface area contributed by atoms with E-state index in [9.17, 15) is 13.2 Å². The minimum Gasteiger partial charge on any atom is -0.404 e. The van der Waals surface area contributed by atoms with Gasteiger partial charge in [-0.05, 0) is 22.6 Å². The molecule has 92 valence electrons. The Kier molecular flexibility index (Phi) is 5.00. The zero-order valence-corrected chi connectivity index (χ0v) is 11.9. The van der Waals surface area contributed by atoms with Crippen LogP contribution in [0.1, 0.15) is 11.3 Å². The molecule has 0 aliphatic heterocycles.